The lowest BCUT2D eigenvalue weighted by Crippen LogP contribution is -2.40. The maximum absolute atomic E-state index is 14.2. The SMILES string of the molecule is CN(C)CCc1cc(-c2c(C(C)(C)C)n(C(=O)O)c3cc(F)ccc23)ccc1S(=O)(=O)NC(C)(C)C. The molecule has 196 valence electrons. The smallest absolute Gasteiger partial charge is 0.416 e. The van der Waals surface area contributed by atoms with Gasteiger partial charge in [-0.1, -0.05) is 26.8 Å². The summed E-state index contributed by atoms with van der Waals surface area (Å²) in [6.07, 6.45) is -0.735. The van der Waals surface area contributed by atoms with Crippen LogP contribution in [0.25, 0.3) is 22.0 Å². The number of aromatic nitrogens is 1. The summed E-state index contributed by atoms with van der Waals surface area (Å²) in [5.74, 6) is -0.532. The van der Waals surface area contributed by atoms with Gasteiger partial charge < -0.3 is 10.0 Å². The molecule has 0 saturated carbocycles. The van der Waals surface area contributed by atoms with Crippen LogP contribution < -0.4 is 4.72 Å². The average Bonchev–Trinajstić information content (AvgIpc) is 3.05. The quantitative estimate of drug-likeness (QED) is 0.454. The van der Waals surface area contributed by atoms with Crippen LogP contribution in [0.1, 0.15) is 52.8 Å². The summed E-state index contributed by atoms with van der Waals surface area (Å²) in [5, 5.41) is 10.7. The van der Waals surface area contributed by atoms with E-state index in [9.17, 15) is 22.7 Å². The van der Waals surface area contributed by atoms with Crippen molar-refractivity contribution in [1.82, 2.24) is 14.2 Å². The summed E-state index contributed by atoms with van der Waals surface area (Å²) in [6, 6.07) is 9.22. The zero-order valence-corrected chi connectivity index (χ0v) is 23.0. The summed E-state index contributed by atoms with van der Waals surface area (Å²) in [4.78, 5) is 14.5. The molecule has 0 spiro atoms. The van der Waals surface area contributed by atoms with E-state index >= 15 is 0 Å². The molecule has 0 saturated heterocycles. The second-order valence-corrected chi connectivity index (χ2v) is 13.1. The van der Waals surface area contributed by atoms with Gasteiger partial charge in [-0.2, -0.15) is 0 Å². The monoisotopic (exact) mass is 517 g/mol. The number of carboxylic acid groups (broad SMARTS) is 1. The topological polar surface area (TPSA) is 91.6 Å². The minimum atomic E-state index is -3.81. The number of nitrogens with zero attached hydrogens (tertiary/aromatic N) is 2. The Kier molecular flexibility index (Phi) is 7.43. The minimum Gasteiger partial charge on any atom is -0.464 e. The molecule has 0 radical (unpaired) electrons. The van der Waals surface area contributed by atoms with Crippen LogP contribution in [0, 0.1) is 5.82 Å². The van der Waals surface area contributed by atoms with E-state index in [0.717, 1.165) is 4.57 Å². The van der Waals surface area contributed by atoms with Crippen LogP contribution in [0.4, 0.5) is 9.18 Å². The largest absolute Gasteiger partial charge is 0.464 e. The van der Waals surface area contributed by atoms with Crippen LogP contribution in [-0.4, -0.2) is 55.3 Å². The zero-order valence-electron chi connectivity index (χ0n) is 22.2. The molecule has 1 aromatic heterocycles. The fourth-order valence-corrected chi connectivity index (χ4v) is 6.13. The second kappa shape index (κ2) is 9.61. The summed E-state index contributed by atoms with van der Waals surface area (Å²) < 4.78 is 44.6. The fraction of sp³-hybridized carbons (Fsp3) is 0.444. The molecule has 0 unspecified atom stereocenters. The van der Waals surface area contributed by atoms with Crippen LogP contribution >= 0.6 is 0 Å². The number of hydrogen-bond acceptors (Lipinski definition) is 4. The van der Waals surface area contributed by atoms with Gasteiger partial charge in [0.1, 0.15) is 5.82 Å². The van der Waals surface area contributed by atoms with Gasteiger partial charge in [-0.25, -0.2) is 26.9 Å². The first-order chi connectivity index (χ1) is 16.4. The van der Waals surface area contributed by atoms with Crippen molar-refractivity contribution >= 4 is 27.0 Å². The summed E-state index contributed by atoms with van der Waals surface area (Å²) in [6.45, 7) is 11.7. The molecule has 36 heavy (non-hydrogen) atoms. The van der Waals surface area contributed by atoms with Crippen molar-refractivity contribution < 1.29 is 22.7 Å². The number of benzene rings is 2. The summed E-state index contributed by atoms with van der Waals surface area (Å²) in [7, 11) is 0.0219. The molecular weight excluding hydrogens is 481 g/mol. The third-order valence-corrected chi connectivity index (χ3v) is 7.60. The lowest BCUT2D eigenvalue weighted by Gasteiger charge is -2.24. The summed E-state index contributed by atoms with van der Waals surface area (Å²) in [5.41, 5.74) is 1.45. The molecule has 0 aliphatic carbocycles. The van der Waals surface area contributed by atoms with Crippen LogP contribution in [0.2, 0.25) is 0 Å². The third kappa shape index (κ3) is 5.79. The first-order valence-corrected chi connectivity index (χ1v) is 13.3. The van der Waals surface area contributed by atoms with E-state index in [0.29, 0.717) is 40.7 Å². The first-order valence-electron chi connectivity index (χ1n) is 11.8. The number of rotatable bonds is 6. The molecule has 0 fully saturated rings. The highest BCUT2D eigenvalue weighted by Gasteiger charge is 2.31. The van der Waals surface area contributed by atoms with E-state index in [1.165, 1.54) is 12.1 Å². The second-order valence-electron chi connectivity index (χ2n) is 11.5. The fourth-order valence-electron chi connectivity index (χ4n) is 4.46. The van der Waals surface area contributed by atoms with Crippen molar-refractivity contribution in [1.29, 1.82) is 0 Å². The lowest BCUT2D eigenvalue weighted by molar-refractivity contribution is 0.195. The lowest BCUT2D eigenvalue weighted by atomic mass is 9.86. The Morgan fingerprint density at radius 3 is 2.22 bits per heavy atom. The number of hydrogen-bond donors (Lipinski definition) is 2. The Labute approximate surface area is 213 Å². The van der Waals surface area contributed by atoms with Crippen LogP contribution in [0.15, 0.2) is 41.3 Å². The van der Waals surface area contributed by atoms with Crippen molar-refractivity contribution in [3.8, 4) is 11.1 Å². The molecular formula is C27H36FN3O4S. The average molecular weight is 518 g/mol. The number of sulfonamides is 1. The van der Waals surface area contributed by atoms with Crippen LogP contribution in [0.5, 0.6) is 0 Å². The molecule has 0 atom stereocenters. The van der Waals surface area contributed by atoms with Crippen molar-refractivity contribution in [2.45, 2.75) is 63.8 Å². The van der Waals surface area contributed by atoms with Crippen molar-refractivity contribution in [3.63, 3.8) is 0 Å². The highest BCUT2D eigenvalue weighted by atomic mass is 32.2. The summed E-state index contributed by atoms with van der Waals surface area (Å²) >= 11 is 0. The van der Waals surface area contributed by atoms with Gasteiger partial charge in [0.2, 0.25) is 10.0 Å². The molecule has 0 aliphatic heterocycles. The van der Waals surface area contributed by atoms with E-state index in [1.807, 2.05) is 45.8 Å². The van der Waals surface area contributed by atoms with Crippen molar-refractivity contribution in [3.05, 3.63) is 53.5 Å². The molecule has 1 heterocycles. The Bertz CT molecular complexity index is 1410. The van der Waals surface area contributed by atoms with Gasteiger partial charge >= 0.3 is 6.09 Å². The van der Waals surface area contributed by atoms with Crippen LogP contribution in [0.3, 0.4) is 0 Å². The number of fused-ring (bicyclic) bond motifs is 1. The predicted octanol–water partition coefficient (Wildman–Crippen LogP) is 5.45. The van der Waals surface area contributed by atoms with Gasteiger partial charge in [0, 0.05) is 34.1 Å². The third-order valence-electron chi connectivity index (χ3n) is 5.74. The molecule has 7 nitrogen and oxygen atoms in total. The van der Waals surface area contributed by atoms with E-state index in [4.69, 9.17) is 0 Å². The van der Waals surface area contributed by atoms with Crippen molar-refractivity contribution in [2.75, 3.05) is 20.6 Å². The minimum absolute atomic E-state index is 0.188. The molecule has 3 rings (SSSR count). The highest BCUT2D eigenvalue weighted by molar-refractivity contribution is 7.89. The van der Waals surface area contributed by atoms with Gasteiger partial charge in [-0.15, -0.1) is 0 Å². The zero-order chi connectivity index (χ0) is 27.2. The van der Waals surface area contributed by atoms with E-state index in [2.05, 4.69) is 4.72 Å². The predicted molar refractivity (Wildman–Crippen MR) is 142 cm³/mol. The van der Waals surface area contributed by atoms with Gasteiger partial charge in [0.05, 0.1) is 10.4 Å². The number of carbonyl (C=O) groups is 1. The van der Waals surface area contributed by atoms with Crippen molar-refractivity contribution in [2.24, 2.45) is 0 Å². The molecule has 0 aliphatic rings. The van der Waals surface area contributed by atoms with Gasteiger partial charge in [0.15, 0.2) is 0 Å². The number of nitrogens with one attached hydrogen (secondary N) is 1. The first kappa shape index (κ1) is 27.8. The van der Waals surface area contributed by atoms with E-state index < -0.39 is 32.9 Å². The van der Waals surface area contributed by atoms with E-state index in [1.54, 1.807) is 39.0 Å². The van der Waals surface area contributed by atoms with Gasteiger partial charge in [-0.05, 0) is 82.7 Å². The Morgan fingerprint density at radius 2 is 1.69 bits per heavy atom. The molecule has 9 heteroatoms. The van der Waals surface area contributed by atoms with Gasteiger partial charge in [-0.3, -0.25) is 0 Å². The standard InChI is InChI=1S/C27H36FN3O4S/c1-26(2,3)24-23(20-11-10-19(28)16-21(20)31(24)25(32)33)18-9-12-22(17(15-18)13-14-30(7)8)36(34,35)29-27(4,5)6/h9-12,15-16,29H,13-14H2,1-8H3,(H,32,33). The molecule has 3 aromatic rings. The Hall–Kier alpha value is -2.75. The number of likely N-dealkylation sites (N-methyl/N-ethyl adjacent to an activating group) is 1. The highest BCUT2D eigenvalue weighted by Crippen LogP contribution is 2.42. The Balaban J connectivity index is 2.38. The van der Waals surface area contributed by atoms with Gasteiger partial charge in [0.25, 0.3) is 0 Å². The maximum atomic E-state index is 14.2. The molecule has 2 aromatic carbocycles. The van der Waals surface area contributed by atoms with Crippen LogP contribution in [-0.2, 0) is 21.9 Å². The molecule has 0 amide bonds. The Morgan fingerprint density at radius 1 is 1.06 bits per heavy atom. The molecule has 2 N–H and O–H groups in total. The maximum Gasteiger partial charge on any atom is 0.416 e. The molecule has 0 bridgehead atoms. The normalized spacial score (nSPS) is 13.1. The van der Waals surface area contributed by atoms with E-state index in [-0.39, 0.29) is 10.4 Å². The number of halogens is 1.